The minimum Gasteiger partial charge on any atom is -0.497 e. The number of nitrogens with zero attached hydrogens (tertiary/aromatic N) is 1. The number of ether oxygens (including phenoxy) is 2. The summed E-state index contributed by atoms with van der Waals surface area (Å²) in [5.41, 5.74) is 0.539. The normalized spacial score (nSPS) is 23.7. The lowest BCUT2D eigenvalue weighted by Crippen LogP contribution is -2.35. The number of nitrogens with one attached hydrogen (secondary N) is 1. The zero-order valence-electron chi connectivity index (χ0n) is 12.1. The summed E-state index contributed by atoms with van der Waals surface area (Å²) in [5, 5.41) is 2.92. The summed E-state index contributed by atoms with van der Waals surface area (Å²) in [6.45, 7) is 1.18. The van der Waals surface area contributed by atoms with Crippen LogP contribution >= 0.6 is 0 Å². The number of methoxy groups -OCH3 is 2. The number of carbonyl (C=O) groups is 2. The predicted octanol–water partition coefficient (Wildman–Crippen LogP) is 0.664. The molecule has 21 heavy (non-hydrogen) atoms. The van der Waals surface area contributed by atoms with Crippen LogP contribution in [0.1, 0.15) is 16.8 Å². The molecule has 0 spiro atoms. The van der Waals surface area contributed by atoms with E-state index in [4.69, 9.17) is 9.47 Å². The lowest BCUT2D eigenvalue weighted by atomic mass is 10.1. The molecule has 2 aliphatic heterocycles. The largest absolute Gasteiger partial charge is 0.497 e. The van der Waals surface area contributed by atoms with Crippen LogP contribution < -0.4 is 14.8 Å². The number of hydrogen-bond donors (Lipinski definition) is 1. The molecule has 6 nitrogen and oxygen atoms in total. The first-order chi connectivity index (χ1) is 10.1. The summed E-state index contributed by atoms with van der Waals surface area (Å²) in [6.07, 6.45) is 0.510. The van der Waals surface area contributed by atoms with E-state index < -0.39 is 0 Å². The summed E-state index contributed by atoms with van der Waals surface area (Å²) in [5.74, 6) is 1.43. The highest BCUT2D eigenvalue weighted by atomic mass is 16.5. The third-order valence-corrected chi connectivity index (χ3v) is 4.12. The van der Waals surface area contributed by atoms with Gasteiger partial charge in [-0.3, -0.25) is 9.59 Å². The van der Waals surface area contributed by atoms with Crippen LogP contribution in [-0.2, 0) is 4.79 Å². The van der Waals surface area contributed by atoms with E-state index >= 15 is 0 Å². The van der Waals surface area contributed by atoms with E-state index in [1.54, 1.807) is 37.3 Å². The summed E-state index contributed by atoms with van der Waals surface area (Å²) in [7, 11) is 3.11. The van der Waals surface area contributed by atoms with E-state index in [0.717, 1.165) is 0 Å². The molecule has 112 valence electrons. The molecule has 0 saturated carbocycles. The van der Waals surface area contributed by atoms with E-state index in [-0.39, 0.29) is 23.8 Å². The highest BCUT2D eigenvalue weighted by molar-refractivity contribution is 5.95. The van der Waals surface area contributed by atoms with Crippen LogP contribution in [0.4, 0.5) is 0 Å². The van der Waals surface area contributed by atoms with E-state index in [0.29, 0.717) is 36.6 Å². The topological polar surface area (TPSA) is 67.9 Å². The zero-order valence-corrected chi connectivity index (χ0v) is 12.1. The molecule has 2 fully saturated rings. The fourth-order valence-electron chi connectivity index (χ4n) is 3.02. The van der Waals surface area contributed by atoms with Gasteiger partial charge in [0.15, 0.2) is 0 Å². The first-order valence-corrected chi connectivity index (χ1v) is 6.92. The second-order valence-corrected chi connectivity index (χ2v) is 5.45. The molecule has 2 heterocycles. The van der Waals surface area contributed by atoms with Crippen LogP contribution in [0.5, 0.6) is 11.5 Å². The maximum absolute atomic E-state index is 12.6. The molecule has 2 saturated heterocycles. The van der Waals surface area contributed by atoms with E-state index in [9.17, 15) is 9.59 Å². The zero-order chi connectivity index (χ0) is 15.0. The summed E-state index contributed by atoms with van der Waals surface area (Å²) in [6, 6.07) is 5.24. The standard InChI is InChI=1S/C15H18N2O4/c1-20-11-3-9(4-12(6-11)21-2)15(19)17-7-10-5-14(18)16-13(10)8-17/h3-4,6,10,13H,5,7-8H2,1-2H3,(H,16,18)/t10-,13+/m0/s1. The molecule has 0 aromatic heterocycles. The van der Waals surface area contributed by atoms with Gasteiger partial charge >= 0.3 is 0 Å². The number of hydrogen-bond acceptors (Lipinski definition) is 4. The van der Waals surface area contributed by atoms with Gasteiger partial charge in [-0.05, 0) is 12.1 Å². The average Bonchev–Trinajstić information content (AvgIpc) is 3.02. The van der Waals surface area contributed by atoms with Gasteiger partial charge in [-0.2, -0.15) is 0 Å². The van der Waals surface area contributed by atoms with Crippen molar-refractivity contribution in [1.29, 1.82) is 0 Å². The van der Waals surface area contributed by atoms with Crippen molar-refractivity contribution < 1.29 is 19.1 Å². The monoisotopic (exact) mass is 290 g/mol. The number of fused-ring (bicyclic) bond motifs is 1. The Labute approximate surface area is 123 Å². The highest BCUT2D eigenvalue weighted by Gasteiger charge is 2.41. The number of amides is 2. The molecule has 1 N–H and O–H groups in total. The van der Waals surface area contributed by atoms with Gasteiger partial charge in [0, 0.05) is 37.1 Å². The molecular weight excluding hydrogens is 272 g/mol. The van der Waals surface area contributed by atoms with Crippen LogP contribution in [0.15, 0.2) is 18.2 Å². The number of carbonyl (C=O) groups excluding carboxylic acids is 2. The van der Waals surface area contributed by atoms with Crippen molar-refractivity contribution in [3.05, 3.63) is 23.8 Å². The first kappa shape index (κ1) is 13.7. The Morgan fingerprint density at radius 2 is 1.86 bits per heavy atom. The maximum atomic E-state index is 12.6. The molecule has 2 amide bonds. The Balaban J connectivity index is 1.78. The summed E-state index contributed by atoms with van der Waals surface area (Å²) in [4.78, 5) is 25.7. The molecule has 2 atom stereocenters. The predicted molar refractivity (Wildman–Crippen MR) is 75.5 cm³/mol. The van der Waals surface area contributed by atoms with Crippen LogP contribution in [0, 0.1) is 5.92 Å². The molecule has 6 heteroatoms. The maximum Gasteiger partial charge on any atom is 0.254 e. The van der Waals surface area contributed by atoms with Crippen LogP contribution in [-0.4, -0.2) is 50.1 Å². The van der Waals surface area contributed by atoms with Gasteiger partial charge in [0.05, 0.1) is 20.3 Å². The second-order valence-electron chi connectivity index (χ2n) is 5.45. The van der Waals surface area contributed by atoms with Crippen molar-refractivity contribution in [2.45, 2.75) is 12.5 Å². The molecule has 0 radical (unpaired) electrons. The van der Waals surface area contributed by atoms with Crippen molar-refractivity contribution in [3.63, 3.8) is 0 Å². The van der Waals surface area contributed by atoms with E-state index in [1.807, 2.05) is 0 Å². The van der Waals surface area contributed by atoms with Crippen molar-refractivity contribution in [2.24, 2.45) is 5.92 Å². The van der Waals surface area contributed by atoms with Crippen LogP contribution in [0.25, 0.3) is 0 Å². The third kappa shape index (κ3) is 2.53. The fourth-order valence-corrected chi connectivity index (χ4v) is 3.02. The van der Waals surface area contributed by atoms with Crippen LogP contribution in [0.3, 0.4) is 0 Å². The first-order valence-electron chi connectivity index (χ1n) is 6.92. The highest BCUT2D eigenvalue weighted by Crippen LogP contribution is 2.28. The Morgan fingerprint density at radius 3 is 2.43 bits per heavy atom. The summed E-state index contributed by atoms with van der Waals surface area (Å²) >= 11 is 0. The summed E-state index contributed by atoms with van der Waals surface area (Å²) < 4.78 is 10.4. The van der Waals surface area contributed by atoms with Crippen molar-refractivity contribution in [3.8, 4) is 11.5 Å². The molecule has 0 bridgehead atoms. The molecular formula is C15H18N2O4. The van der Waals surface area contributed by atoms with Crippen molar-refractivity contribution >= 4 is 11.8 Å². The molecule has 1 aromatic rings. The van der Waals surface area contributed by atoms with Gasteiger partial charge in [0.2, 0.25) is 5.91 Å². The Kier molecular flexibility index (Phi) is 3.45. The SMILES string of the molecule is COc1cc(OC)cc(C(=O)N2C[C@@H]3CC(=O)N[C@@H]3C2)c1. The van der Waals surface area contributed by atoms with Gasteiger partial charge < -0.3 is 19.7 Å². The molecule has 3 rings (SSSR count). The Bertz CT molecular complexity index is 549. The minimum absolute atomic E-state index is 0.0594. The average molecular weight is 290 g/mol. The lowest BCUT2D eigenvalue weighted by Gasteiger charge is -2.18. The number of rotatable bonds is 3. The molecule has 1 aromatic carbocycles. The van der Waals surface area contributed by atoms with Gasteiger partial charge in [-0.25, -0.2) is 0 Å². The third-order valence-electron chi connectivity index (χ3n) is 4.12. The number of likely N-dealkylation sites (tertiary alicyclic amines) is 1. The molecule has 0 unspecified atom stereocenters. The van der Waals surface area contributed by atoms with E-state index in [1.165, 1.54) is 0 Å². The fraction of sp³-hybridized carbons (Fsp3) is 0.467. The van der Waals surface area contributed by atoms with Gasteiger partial charge in [-0.15, -0.1) is 0 Å². The Hall–Kier alpha value is -2.24. The van der Waals surface area contributed by atoms with Gasteiger partial charge in [0.25, 0.3) is 5.91 Å². The molecule has 2 aliphatic rings. The second kappa shape index (κ2) is 5.27. The Morgan fingerprint density at radius 1 is 1.19 bits per heavy atom. The van der Waals surface area contributed by atoms with Gasteiger partial charge in [0.1, 0.15) is 11.5 Å². The quantitative estimate of drug-likeness (QED) is 0.888. The van der Waals surface area contributed by atoms with Crippen molar-refractivity contribution in [2.75, 3.05) is 27.3 Å². The van der Waals surface area contributed by atoms with E-state index in [2.05, 4.69) is 5.32 Å². The minimum atomic E-state index is -0.0594. The molecule has 0 aliphatic carbocycles. The smallest absolute Gasteiger partial charge is 0.254 e. The van der Waals surface area contributed by atoms with Crippen LogP contribution in [0.2, 0.25) is 0 Å². The number of benzene rings is 1. The van der Waals surface area contributed by atoms with Gasteiger partial charge in [-0.1, -0.05) is 0 Å². The lowest BCUT2D eigenvalue weighted by molar-refractivity contribution is -0.119. The van der Waals surface area contributed by atoms with Crippen molar-refractivity contribution in [1.82, 2.24) is 10.2 Å².